The standard InChI is InChI=1S/C12H17ClN2O/c1-7(2)8(3)15-12(16)10-6-9(13)4-5-11(10)14/h4-8H,14H2,1-3H3,(H,15,16). The molecule has 0 bridgehead atoms. The molecule has 1 unspecified atom stereocenters. The van der Waals surface area contributed by atoms with Crippen LogP contribution in [0.4, 0.5) is 5.69 Å². The molecule has 0 fully saturated rings. The number of nitrogens with one attached hydrogen (secondary N) is 1. The van der Waals surface area contributed by atoms with E-state index in [0.717, 1.165) is 0 Å². The lowest BCUT2D eigenvalue weighted by Crippen LogP contribution is -2.36. The fraction of sp³-hybridized carbons (Fsp3) is 0.417. The molecule has 0 aliphatic rings. The minimum absolute atomic E-state index is 0.103. The molecule has 0 aromatic heterocycles. The van der Waals surface area contributed by atoms with Crippen LogP contribution in [0.15, 0.2) is 18.2 Å². The number of carbonyl (C=O) groups is 1. The molecule has 0 radical (unpaired) electrons. The Labute approximate surface area is 101 Å². The molecule has 0 aliphatic carbocycles. The first-order valence-corrected chi connectivity index (χ1v) is 5.65. The van der Waals surface area contributed by atoms with Gasteiger partial charge in [-0.3, -0.25) is 4.79 Å². The molecule has 0 aliphatic heterocycles. The average molecular weight is 241 g/mol. The molecule has 3 nitrogen and oxygen atoms in total. The lowest BCUT2D eigenvalue weighted by Gasteiger charge is -2.18. The van der Waals surface area contributed by atoms with Crippen LogP contribution in [0.1, 0.15) is 31.1 Å². The molecule has 1 aromatic rings. The quantitative estimate of drug-likeness (QED) is 0.799. The number of hydrogen-bond acceptors (Lipinski definition) is 2. The van der Waals surface area contributed by atoms with E-state index in [1.54, 1.807) is 18.2 Å². The van der Waals surface area contributed by atoms with Gasteiger partial charge >= 0.3 is 0 Å². The summed E-state index contributed by atoms with van der Waals surface area (Å²) < 4.78 is 0. The van der Waals surface area contributed by atoms with Gasteiger partial charge < -0.3 is 11.1 Å². The highest BCUT2D eigenvalue weighted by Gasteiger charge is 2.14. The van der Waals surface area contributed by atoms with Gasteiger partial charge in [0.05, 0.1) is 5.56 Å². The van der Waals surface area contributed by atoms with Gasteiger partial charge in [0.15, 0.2) is 0 Å². The summed E-state index contributed by atoms with van der Waals surface area (Å²) in [5, 5.41) is 3.40. The average Bonchev–Trinajstić information content (AvgIpc) is 2.21. The van der Waals surface area contributed by atoms with Crippen molar-refractivity contribution < 1.29 is 4.79 Å². The monoisotopic (exact) mass is 240 g/mol. The van der Waals surface area contributed by atoms with Crippen molar-refractivity contribution in [1.82, 2.24) is 5.32 Å². The third-order valence-electron chi connectivity index (χ3n) is 2.62. The summed E-state index contributed by atoms with van der Waals surface area (Å²) in [5.74, 6) is 0.200. The van der Waals surface area contributed by atoms with Crippen molar-refractivity contribution in [2.24, 2.45) is 5.92 Å². The predicted molar refractivity (Wildman–Crippen MR) is 67.6 cm³/mol. The number of benzene rings is 1. The molecule has 0 saturated heterocycles. The lowest BCUT2D eigenvalue weighted by molar-refractivity contribution is 0.0931. The van der Waals surface area contributed by atoms with Crippen molar-refractivity contribution in [3.05, 3.63) is 28.8 Å². The highest BCUT2D eigenvalue weighted by atomic mass is 35.5. The third-order valence-corrected chi connectivity index (χ3v) is 2.85. The maximum absolute atomic E-state index is 11.9. The molecule has 1 aromatic carbocycles. The second-order valence-electron chi connectivity index (χ2n) is 4.24. The van der Waals surface area contributed by atoms with Crippen LogP contribution in [0.25, 0.3) is 0 Å². The summed E-state index contributed by atoms with van der Waals surface area (Å²) in [6.45, 7) is 6.06. The normalized spacial score (nSPS) is 12.6. The maximum Gasteiger partial charge on any atom is 0.253 e. The first kappa shape index (κ1) is 12.8. The molecule has 0 saturated carbocycles. The van der Waals surface area contributed by atoms with E-state index in [1.165, 1.54) is 0 Å². The number of nitrogens with two attached hydrogens (primary N) is 1. The second-order valence-corrected chi connectivity index (χ2v) is 4.67. The van der Waals surface area contributed by atoms with Crippen LogP contribution in [-0.2, 0) is 0 Å². The van der Waals surface area contributed by atoms with Gasteiger partial charge in [-0.2, -0.15) is 0 Å². The highest BCUT2D eigenvalue weighted by Crippen LogP contribution is 2.18. The van der Waals surface area contributed by atoms with Gasteiger partial charge in [0, 0.05) is 16.8 Å². The molecule has 0 heterocycles. The molecule has 3 N–H and O–H groups in total. The Hall–Kier alpha value is -1.22. The van der Waals surface area contributed by atoms with E-state index >= 15 is 0 Å². The van der Waals surface area contributed by atoms with Crippen LogP contribution in [0.3, 0.4) is 0 Å². The Balaban J connectivity index is 2.84. The number of hydrogen-bond donors (Lipinski definition) is 2. The Morgan fingerprint density at radius 2 is 2.00 bits per heavy atom. The van der Waals surface area contributed by atoms with Gasteiger partial charge in [-0.05, 0) is 31.0 Å². The Morgan fingerprint density at radius 3 is 2.56 bits per heavy atom. The minimum atomic E-state index is -0.179. The van der Waals surface area contributed by atoms with E-state index in [-0.39, 0.29) is 11.9 Å². The van der Waals surface area contributed by atoms with Crippen molar-refractivity contribution >= 4 is 23.2 Å². The Kier molecular flexibility index (Phi) is 4.19. The molecule has 4 heteroatoms. The first-order valence-electron chi connectivity index (χ1n) is 5.27. The van der Waals surface area contributed by atoms with Crippen molar-refractivity contribution in [2.75, 3.05) is 5.73 Å². The second kappa shape index (κ2) is 5.21. The number of anilines is 1. The van der Waals surface area contributed by atoms with E-state index in [9.17, 15) is 4.79 Å². The van der Waals surface area contributed by atoms with Crippen LogP contribution >= 0.6 is 11.6 Å². The van der Waals surface area contributed by atoms with Gasteiger partial charge in [0.25, 0.3) is 5.91 Å². The van der Waals surface area contributed by atoms with Gasteiger partial charge in [-0.15, -0.1) is 0 Å². The molecule has 1 atom stereocenters. The van der Waals surface area contributed by atoms with E-state index in [2.05, 4.69) is 5.32 Å². The summed E-state index contributed by atoms with van der Waals surface area (Å²) in [6.07, 6.45) is 0. The largest absolute Gasteiger partial charge is 0.398 e. The fourth-order valence-corrected chi connectivity index (χ4v) is 1.35. The van der Waals surface area contributed by atoms with Gasteiger partial charge in [0.1, 0.15) is 0 Å². The van der Waals surface area contributed by atoms with Gasteiger partial charge in [-0.1, -0.05) is 25.4 Å². The Morgan fingerprint density at radius 1 is 1.38 bits per heavy atom. The highest BCUT2D eigenvalue weighted by molar-refractivity contribution is 6.31. The molecule has 16 heavy (non-hydrogen) atoms. The maximum atomic E-state index is 11.9. The molecule has 1 rings (SSSR count). The summed E-state index contributed by atoms with van der Waals surface area (Å²) in [4.78, 5) is 11.9. The van der Waals surface area contributed by atoms with Crippen LogP contribution in [0.5, 0.6) is 0 Å². The number of amides is 1. The lowest BCUT2D eigenvalue weighted by atomic mass is 10.1. The van der Waals surface area contributed by atoms with E-state index in [1.807, 2.05) is 20.8 Å². The molecule has 0 spiro atoms. The van der Waals surface area contributed by atoms with Crippen LogP contribution in [0.2, 0.25) is 5.02 Å². The van der Waals surface area contributed by atoms with E-state index < -0.39 is 0 Å². The summed E-state index contributed by atoms with van der Waals surface area (Å²) in [7, 11) is 0. The summed E-state index contributed by atoms with van der Waals surface area (Å²) in [5.41, 5.74) is 6.60. The van der Waals surface area contributed by atoms with Gasteiger partial charge in [0.2, 0.25) is 0 Å². The molecule has 1 amide bonds. The minimum Gasteiger partial charge on any atom is -0.398 e. The number of nitrogen functional groups attached to an aromatic ring is 1. The number of halogens is 1. The van der Waals surface area contributed by atoms with Gasteiger partial charge in [-0.25, -0.2) is 0 Å². The van der Waals surface area contributed by atoms with Crippen molar-refractivity contribution in [3.8, 4) is 0 Å². The zero-order chi connectivity index (χ0) is 12.3. The van der Waals surface area contributed by atoms with Crippen LogP contribution < -0.4 is 11.1 Å². The molecular formula is C12H17ClN2O. The van der Waals surface area contributed by atoms with E-state index in [0.29, 0.717) is 22.2 Å². The SMILES string of the molecule is CC(C)C(C)NC(=O)c1cc(Cl)ccc1N. The van der Waals surface area contributed by atoms with E-state index in [4.69, 9.17) is 17.3 Å². The fourth-order valence-electron chi connectivity index (χ4n) is 1.18. The smallest absolute Gasteiger partial charge is 0.253 e. The van der Waals surface area contributed by atoms with Crippen molar-refractivity contribution in [2.45, 2.75) is 26.8 Å². The number of rotatable bonds is 3. The molecule has 88 valence electrons. The topological polar surface area (TPSA) is 55.1 Å². The van der Waals surface area contributed by atoms with Crippen LogP contribution in [0, 0.1) is 5.92 Å². The Bertz CT molecular complexity index is 391. The summed E-state index contributed by atoms with van der Waals surface area (Å²) in [6, 6.07) is 4.99. The number of carbonyl (C=O) groups excluding carboxylic acids is 1. The van der Waals surface area contributed by atoms with Crippen molar-refractivity contribution in [1.29, 1.82) is 0 Å². The zero-order valence-electron chi connectivity index (χ0n) is 9.75. The predicted octanol–water partition coefficient (Wildman–Crippen LogP) is 2.70. The first-order chi connectivity index (χ1) is 7.41. The zero-order valence-corrected chi connectivity index (χ0v) is 10.5. The summed E-state index contributed by atoms with van der Waals surface area (Å²) >= 11 is 5.82. The van der Waals surface area contributed by atoms with Crippen LogP contribution in [-0.4, -0.2) is 11.9 Å². The van der Waals surface area contributed by atoms with Crippen molar-refractivity contribution in [3.63, 3.8) is 0 Å². The molecular weight excluding hydrogens is 224 g/mol. The third kappa shape index (κ3) is 3.14.